The Labute approximate surface area is 107 Å². The van der Waals surface area contributed by atoms with Crippen LogP contribution in [0.5, 0.6) is 5.75 Å². The number of likely N-dealkylation sites (N-methyl/N-ethyl adjacent to an activating group) is 1. The fourth-order valence-electron chi connectivity index (χ4n) is 1.60. The van der Waals surface area contributed by atoms with Crippen LogP contribution in [-0.2, 0) is 0 Å². The number of aryl methyl sites for hydroxylation is 1. The fourth-order valence-corrected chi connectivity index (χ4v) is 1.75. The summed E-state index contributed by atoms with van der Waals surface area (Å²) >= 11 is 6.09. The molecule has 0 fully saturated rings. The van der Waals surface area contributed by atoms with E-state index >= 15 is 0 Å². The Hall–Kier alpha value is -0.970. The number of ether oxygens (including phenoxy) is 1. The van der Waals surface area contributed by atoms with Gasteiger partial charge in [-0.2, -0.15) is 0 Å². The molecule has 96 valence electrons. The normalized spacial score (nSPS) is 12.4. The second kappa shape index (κ2) is 6.10. The maximum Gasteiger partial charge on any atom is 0.142 e. The maximum absolute atomic E-state index is 9.54. The smallest absolute Gasteiger partial charge is 0.142 e. The summed E-state index contributed by atoms with van der Waals surface area (Å²) in [5, 5.41) is 10.2. The second-order valence-electron chi connectivity index (χ2n) is 4.04. The van der Waals surface area contributed by atoms with E-state index in [0.717, 1.165) is 17.0 Å². The number of aliphatic hydroxyl groups excluding tert-OH is 1. The standard InChI is InChI=1S/C12H19ClN2O2/c1-8-4-12(17-3)11(5-10(8)13)15(2)7-9(16)6-14/h4-5,9,16H,6-7,14H2,1-3H3. The van der Waals surface area contributed by atoms with Gasteiger partial charge in [-0.15, -0.1) is 0 Å². The summed E-state index contributed by atoms with van der Waals surface area (Å²) in [6.07, 6.45) is -0.565. The number of rotatable bonds is 5. The van der Waals surface area contributed by atoms with Gasteiger partial charge in [0.2, 0.25) is 0 Å². The molecule has 0 aromatic heterocycles. The zero-order chi connectivity index (χ0) is 13.0. The maximum atomic E-state index is 9.54. The van der Waals surface area contributed by atoms with E-state index in [0.29, 0.717) is 11.6 Å². The van der Waals surface area contributed by atoms with Crippen LogP contribution in [-0.4, -0.2) is 38.5 Å². The van der Waals surface area contributed by atoms with Crippen molar-refractivity contribution in [1.82, 2.24) is 0 Å². The molecule has 0 radical (unpaired) electrons. The lowest BCUT2D eigenvalue weighted by atomic mass is 10.2. The van der Waals surface area contributed by atoms with Crippen LogP contribution in [0.25, 0.3) is 0 Å². The summed E-state index contributed by atoms with van der Waals surface area (Å²) < 4.78 is 5.30. The summed E-state index contributed by atoms with van der Waals surface area (Å²) in [7, 11) is 3.47. The third kappa shape index (κ3) is 3.49. The van der Waals surface area contributed by atoms with E-state index in [2.05, 4.69) is 0 Å². The van der Waals surface area contributed by atoms with Crippen LogP contribution in [0, 0.1) is 6.92 Å². The molecular formula is C12H19ClN2O2. The molecule has 0 aliphatic heterocycles. The van der Waals surface area contributed by atoms with Crippen molar-refractivity contribution in [3.63, 3.8) is 0 Å². The van der Waals surface area contributed by atoms with E-state index in [9.17, 15) is 5.11 Å². The van der Waals surface area contributed by atoms with Crippen molar-refractivity contribution in [3.8, 4) is 5.75 Å². The van der Waals surface area contributed by atoms with Crippen molar-refractivity contribution >= 4 is 17.3 Å². The van der Waals surface area contributed by atoms with Crippen LogP contribution in [0.4, 0.5) is 5.69 Å². The molecule has 0 saturated carbocycles. The van der Waals surface area contributed by atoms with Crippen LogP contribution in [0.15, 0.2) is 12.1 Å². The summed E-state index contributed by atoms with van der Waals surface area (Å²) in [5.74, 6) is 0.735. The Balaban J connectivity index is 2.99. The zero-order valence-corrected chi connectivity index (χ0v) is 11.2. The Morgan fingerprint density at radius 3 is 2.71 bits per heavy atom. The molecule has 0 heterocycles. The fraction of sp³-hybridized carbons (Fsp3) is 0.500. The monoisotopic (exact) mass is 258 g/mol. The van der Waals surface area contributed by atoms with Gasteiger partial charge in [-0.25, -0.2) is 0 Å². The molecule has 0 spiro atoms. The minimum absolute atomic E-state index is 0.228. The van der Waals surface area contributed by atoms with Crippen molar-refractivity contribution in [2.24, 2.45) is 5.73 Å². The number of nitrogens with zero attached hydrogens (tertiary/aromatic N) is 1. The molecular weight excluding hydrogens is 240 g/mol. The highest BCUT2D eigenvalue weighted by molar-refractivity contribution is 6.31. The van der Waals surface area contributed by atoms with Gasteiger partial charge in [0.15, 0.2) is 0 Å². The molecule has 1 aromatic rings. The van der Waals surface area contributed by atoms with E-state index in [1.807, 2.05) is 31.0 Å². The van der Waals surface area contributed by atoms with Gasteiger partial charge in [0.05, 0.1) is 18.9 Å². The van der Waals surface area contributed by atoms with E-state index < -0.39 is 6.10 Å². The summed E-state index contributed by atoms with van der Waals surface area (Å²) in [6.45, 7) is 2.59. The summed E-state index contributed by atoms with van der Waals surface area (Å²) in [4.78, 5) is 1.88. The third-order valence-corrected chi connectivity index (χ3v) is 3.04. The van der Waals surface area contributed by atoms with E-state index in [-0.39, 0.29) is 6.54 Å². The van der Waals surface area contributed by atoms with Crippen LogP contribution in [0.3, 0.4) is 0 Å². The van der Waals surface area contributed by atoms with Gasteiger partial charge in [-0.1, -0.05) is 11.6 Å². The van der Waals surface area contributed by atoms with Crippen LogP contribution in [0.1, 0.15) is 5.56 Å². The van der Waals surface area contributed by atoms with Crippen LogP contribution >= 0.6 is 11.6 Å². The number of methoxy groups -OCH3 is 1. The van der Waals surface area contributed by atoms with Crippen molar-refractivity contribution in [2.45, 2.75) is 13.0 Å². The first-order chi connectivity index (χ1) is 7.99. The number of anilines is 1. The number of aliphatic hydroxyl groups is 1. The Kier molecular flexibility index (Phi) is 5.05. The Morgan fingerprint density at radius 1 is 1.53 bits per heavy atom. The molecule has 0 amide bonds. The SMILES string of the molecule is COc1cc(C)c(Cl)cc1N(C)CC(O)CN. The quantitative estimate of drug-likeness (QED) is 0.839. The van der Waals surface area contributed by atoms with Crippen molar-refractivity contribution < 1.29 is 9.84 Å². The lowest BCUT2D eigenvalue weighted by Gasteiger charge is -2.24. The van der Waals surface area contributed by atoms with E-state index in [1.54, 1.807) is 7.11 Å². The minimum Gasteiger partial charge on any atom is -0.495 e. The first kappa shape index (κ1) is 14.1. The van der Waals surface area contributed by atoms with Gasteiger partial charge in [0, 0.05) is 25.2 Å². The predicted molar refractivity (Wildman–Crippen MR) is 71.1 cm³/mol. The molecule has 1 rings (SSSR count). The van der Waals surface area contributed by atoms with Gasteiger partial charge < -0.3 is 20.5 Å². The van der Waals surface area contributed by atoms with Crippen molar-refractivity contribution in [3.05, 3.63) is 22.7 Å². The highest BCUT2D eigenvalue weighted by Gasteiger charge is 2.13. The molecule has 1 unspecified atom stereocenters. The number of nitrogens with two attached hydrogens (primary N) is 1. The van der Waals surface area contributed by atoms with Crippen molar-refractivity contribution in [1.29, 1.82) is 0 Å². The van der Waals surface area contributed by atoms with Gasteiger partial charge in [-0.3, -0.25) is 0 Å². The summed E-state index contributed by atoms with van der Waals surface area (Å²) in [5.41, 5.74) is 7.19. The van der Waals surface area contributed by atoms with E-state index in [4.69, 9.17) is 22.1 Å². The van der Waals surface area contributed by atoms with Crippen molar-refractivity contribution in [2.75, 3.05) is 32.1 Å². The molecule has 0 aliphatic rings. The van der Waals surface area contributed by atoms with Gasteiger partial charge in [0.25, 0.3) is 0 Å². The van der Waals surface area contributed by atoms with Crippen LogP contribution < -0.4 is 15.4 Å². The second-order valence-corrected chi connectivity index (χ2v) is 4.45. The lowest BCUT2D eigenvalue weighted by molar-refractivity contribution is 0.189. The van der Waals surface area contributed by atoms with E-state index in [1.165, 1.54) is 0 Å². The van der Waals surface area contributed by atoms with Crippen LogP contribution in [0.2, 0.25) is 5.02 Å². The topological polar surface area (TPSA) is 58.7 Å². The number of hydrogen-bond donors (Lipinski definition) is 2. The third-order valence-electron chi connectivity index (χ3n) is 2.63. The number of hydrogen-bond acceptors (Lipinski definition) is 4. The molecule has 0 aliphatic carbocycles. The Morgan fingerprint density at radius 2 is 2.18 bits per heavy atom. The van der Waals surface area contributed by atoms with Gasteiger partial charge in [-0.05, 0) is 24.6 Å². The average Bonchev–Trinajstić information content (AvgIpc) is 2.31. The molecule has 5 heteroatoms. The first-order valence-electron chi connectivity index (χ1n) is 5.43. The molecule has 3 N–H and O–H groups in total. The highest BCUT2D eigenvalue weighted by atomic mass is 35.5. The molecule has 0 bridgehead atoms. The molecule has 4 nitrogen and oxygen atoms in total. The minimum atomic E-state index is -0.565. The summed E-state index contributed by atoms with van der Waals surface area (Å²) in [6, 6.07) is 3.71. The molecule has 1 atom stereocenters. The average molecular weight is 259 g/mol. The Bertz CT molecular complexity index is 385. The number of halogens is 1. The van der Waals surface area contributed by atoms with Gasteiger partial charge in [0.1, 0.15) is 5.75 Å². The molecule has 1 aromatic carbocycles. The molecule has 17 heavy (non-hydrogen) atoms. The predicted octanol–water partition coefficient (Wildman–Crippen LogP) is 1.41. The number of benzene rings is 1. The lowest BCUT2D eigenvalue weighted by Crippen LogP contribution is -2.34. The molecule has 0 saturated heterocycles. The highest BCUT2D eigenvalue weighted by Crippen LogP contribution is 2.33. The zero-order valence-electron chi connectivity index (χ0n) is 10.4. The van der Waals surface area contributed by atoms with Gasteiger partial charge >= 0.3 is 0 Å². The largest absolute Gasteiger partial charge is 0.495 e. The first-order valence-corrected chi connectivity index (χ1v) is 5.80.